The summed E-state index contributed by atoms with van der Waals surface area (Å²) in [5.41, 5.74) is 2.44. The van der Waals surface area contributed by atoms with Crippen LogP contribution in [0.5, 0.6) is 0 Å². The highest BCUT2D eigenvalue weighted by atomic mass is 32.1. The maximum atomic E-state index is 12.8. The second kappa shape index (κ2) is 5.92. The van der Waals surface area contributed by atoms with Crippen LogP contribution < -0.4 is 5.76 Å². The minimum atomic E-state index is -0.530. The summed E-state index contributed by atoms with van der Waals surface area (Å²) >= 11 is 1.40. The van der Waals surface area contributed by atoms with E-state index in [4.69, 9.17) is 4.42 Å². The van der Waals surface area contributed by atoms with Gasteiger partial charge < -0.3 is 9.32 Å². The number of likely N-dealkylation sites (tertiary alicyclic amines) is 1. The molecule has 124 valence electrons. The lowest BCUT2D eigenvalue weighted by molar-refractivity contribution is 0.0708. The number of thiazole rings is 1. The fraction of sp³-hybridized carbons (Fsp3) is 0.600. The molecule has 7 nitrogen and oxygen atoms in total. The molecule has 2 aromatic heterocycles. The standard InChI is InChI=1S/C15H20N4O3S/c1-15(2,3)11-10(23-8-16-11)13(20)19-6-4-9(5-7-19)12-17-18-14(21)22-12/h8-9H,4-7H2,1-3H3,(H,18,21). The summed E-state index contributed by atoms with van der Waals surface area (Å²) in [5.74, 6) is 0.0363. The van der Waals surface area contributed by atoms with E-state index in [1.165, 1.54) is 11.3 Å². The number of carbonyl (C=O) groups excluding carboxylic acids is 1. The van der Waals surface area contributed by atoms with Gasteiger partial charge in [0, 0.05) is 24.4 Å². The van der Waals surface area contributed by atoms with Gasteiger partial charge in [-0.2, -0.15) is 0 Å². The Morgan fingerprint density at radius 1 is 1.39 bits per heavy atom. The zero-order chi connectivity index (χ0) is 16.6. The molecular formula is C15H20N4O3S. The third-order valence-electron chi connectivity index (χ3n) is 4.06. The molecule has 0 unspecified atom stereocenters. The molecule has 8 heteroatoms. The van der Waals surface area contributed by atoms with Crippen molar-refractivity contribution in [2.75, 3.05) is 13.1 Å². The molecule has 1 aliphatic rings. The Kier molecular flexibility index (Phi) is 4.09. The molecule has 1 aliphatic heterocycles. The molecule has 0 saturated carbocycles. The molecule has 1 fully saturated rings. The normalized spacial score (nSPS) is 16.7. The molecule has 0 bridgehead atoms. The van der Waals surface area contributed by atoms with Crippen LogP contribution in [0.2, 0.25) is 0 Å². The molecule has 1 N–H and O–H groups in total. The Labute approximate surface area is 137 Å². The molecule has 3 rings (SSSR count). The molecule has 23 heavy (non-hydrogen) atoms. The number of hydrogen-bond donors (Lipinski definition) is 1. The van der Waals surface area contributed by atoms with Gasteiger partial charge in [0.05, 0.1) is 11.2 Å². The lowest BCUT2D eigenvalue weighted by Crippen LogP contribution is -2.38. The van der Waals surface area contributed by atoms with Crippen molar-refractivity contribution >= 4 is 17.2 Å². The zero-order valence-corrected chi connectivity index (χ0v) is 14.3. The van der Waals surface area contributed by atoms with Gasteiger partial charge in [-0.15, -0.1) is 16.4 Å². The van der Waals surface area contributed by atoms with Gasteiger partial charge in [0.25, 0.3) is 5.91 Å². The van der Waals surface area contributed by atoms with E-state index in [0.717, 1.165) is 23.4 Å². The summed E-state index contributed by atoms with van der Waals surface area (Å²) in [6, 6.07) is 0. The number of hydrogen-bond acceptors (Lipinski definition) is 6. The molecule has 0 aliphatic carbocycles. The van der Waals surface area contributed by atoms with Gasteiger partial charge in [0.2, 0.25) is 5.89 Å². The van der Waals surface area contributed by atoms with E-state index in [-0.39, 0.29) is 17.2 Å². The number of rotatable bonds is 2. The largest absolute Gasteiger partial charge is 0.434 e. The van der Waals surface area contributed by atoms with Crippen LogP contribution in [-0.4, -0.2) is 39.1 Å². The predicted octanol–water partition coefficient (Wildman–Crippen LogP) is 2.14. The summed E-state index contributed by atoms with van der Waals surface area (Å²) < 4.78 is 5.02. The summed E-state index contributed by atoms with van der Waals surface area (Å²) in [7, 11) is 0. The first-order chi connectivity index (χ1) is 10.9. The summed E-state index contributed by atoms with van der Waals surface area (Å²) in [6.45, 7) is 7.43. The SMILES string of the molecule is CC(C)(C)c1ncsc1C(=O)N1CCC(c2n[nH]c(=O)o2)CC1. The second-order valence-electron chi connectivity index (χ2n) is 6.80. The molecule has 2 aromatic rings. The third-order valence-corrected chi connectivity index (χ3v) is 4.87. The van der Waals surface area contributed by atoms with Gasteiger partial charge in [0.15, 0.2) is 0 Å². The Hall–Kier alpha value is -1.96. The number of amides is 1. The first-order valence-corrected chi connectivity index (χ1v) is 8.53. The molecule has 0 spiro atoms. The van der Waals surface area contributed by atoms with Crippen molar-refractivity contribution in [3.8, 4) is 0 Å². The Balaban J connectivity index is 1.69. The fourth-order valence-corrected chi connectivity index (χ4v) is 3.79. The van der Waals surface area contributed by atoms with Gasteiger partial charge in [-0.3, -0.25) is 4.79 Å². The second-order valence-corrected chi connectivity index (χ2v) is 7.65. The van der Waals surface area contributed by atoms with Gasteiger partial charge in [0.1, 0.15) is 4.88 Å². The Morgan fingerprint density at radius 3 is 2.65 bits per heavy atom. The molecule has 3 heterocycles. The van der Waals surface area contributed by atoms with E-state index in [0.29, 0.717) is 19.0 Å². The number of nitrogens with zero attached hydrogens (tertiary/aromatic N) is 3. The van der Waals surface area contributed by atoms with E-state index < -0.39 is 5.76 Å². The van der Waals surface area contributed by atoms with Crippen molar-refractivity contribution in [1.82, 2.24) is 20.1 Å². The lowest BCUT2D eigenvalue weighted by atomic mass is 9.90. The van der Waals surface area contributed by atoms with Crippen LogP contribution in [-0.2, 0) is 5.41 Å². The predicted molar refractivity (Wildman–Crippen MR) is 85.8 cm³/mol. The van der Waals surface area contributed by atoms with E-state index >= 15 is 0 Å². The van der Waals surface area contributed by atoms with E-state index in [2.05, 4.69) is 36.0 Å². The van der Waals surface area contributed by atoms with Gasteiger partial charge in [-0.05, 0) is 12.8 Å². The van der Waals surface area contributed by atoms with E-state index in [1.54, 1.807) is 5.51 Å². The van der Waals surface area contributed by atoms with Crippen LogP contribution in [0.15, 0.2) is 14.7 Å². The van der Waals surface area contributed by atoms with Crippen LogP contribution in [0.3, 0.4) is 0 Å². The summed E-state index contributed by atoms with van der Waals surface area (Å²) in [5, 5.41) is 6.18. The van der Waals surface area contributed by atoms with Gasteiger partial charge >= 0.3 is 5.76 Å². The first-order valence-electron chi connectivity index (χ1n) is 7.65. The number of aromatic nitrogens is 3. The molecule has 0 aromatic carbocycles. The van der Waals surface area contributed by atoms with Crippen LogP contribution in [0.1, 0.15) is 60.8 Å². The van der Waals surface area contributed by atoms with Gasteiger partial charge in [-0.25, -0.2) is 14.9 Å². The fourth-order valence-electron chi connectivity index (χ4n) is 2.82. The number of H-pyrrole nitrogens is 1. The number of piperidine rings is 1. The monoisotopic (exact) mass is 336 g/mol. The van der Waals surface area contributed by atoms with Crippen molar-refractivity contribution in [2.24, 2.45) is 0 Å². The third kappa shape index (κ3) is 3.21. The van der Waals surface area contributed by atoms with E-state index in [9.17, 15) is 9.59 Å². The highest BCUT2D eigenvalue weighted by Gasteiger charge is 2.31. The van der Waals surface area contributed by atoms with E-state index in [1.807, 2.05) is 4.90 Å². The van der Waals surface area contributed by atoms with Crippen LogP contribution >= 0.6 is 11.3 Å². The van der Waals surface area contributed by atoms with Crippen LogP contribution in [0.4, 0.5) is 0 Å². The number of carbonyl (C=O) groups is 1. The topological polar surface area (TPSA) is 92.1 Å². The highest BCUT2D eigenvalue weighted by Crippen LogP contribution is 2.31. The molecule has 1 amide bonds. The Morgan fingerprint density at radius 2 is 2.09 bits per heavy atom. The smallest absolute Gasteiger partial charge is 0.392 e. The van der Waals surface area contributed by atoms with Gasteiger partial charge in [-0.1, -0.05) is 20.8 Å². The summed E-state index contributed by atoms with van der Waals surface area (Å²) in [6.07, 6.45) is 1.48. The maximum absolute atomic E-state index is 12.8. The lowest BCUT2D eigenvalue weighted by Gasteiger charge is -2.30. The zero-order valence-electron chi connectivity index (χ0n) is 13.5. The van der Waals surface area contributed by atoms with Crippen molar-refractivity contribution in [1.29, 1.82) is 0 Å². The Bertz CT molecular complexity index is 747. The molecular weight excluding hydrogens is 316 g/mol. The van der Waals surface area contributed by atoms with Crippen molar-refractivity contribution < 1.29 is 9.21 Å². The summed E-state index contributed by atoms with van der Waals surface area (Å²) in [4.78, 5) is 30.8. The highest BCUT2D eigenvalue weighted by molar-refractivity contribution is 7.11. The average molecular weight is 336 g/mol. The minimum Gasteiger partial charge on any atom is -0.392 e. The van der Waals surface area contributed by atoms with Crippen molar-refractivity contribution in [3.05, 3.63) is 32.5 Å². The maximum Gasteiger partial charge on any atom is 0.434 e. The van der Waals surface area contributed by atoms with Crippen molar-refractivity contribution in [3.63, 3.8) is 0 Å². The first kappa shape index (κ1) is 15.9. The van der Waals surface area contributed by atoms with Crippen LogP contribution in [0.25, 0.3) is 0 Å². The number of aromatic amines is 1. The molecule has 1 saturated heterocycles. The number of nitrogens with one attached hydrogen (secondary N) is 1. The quantitative estimate of drug-likeness (QED) is 0.907. The minimum absolute atomic E-state index is 0.0411. The molecule has 0 radical (unpaired) electrons. The average Bonchev–Trinajstić information content (AvgIpc) is 3.15. The van der Waals surface area contributed by atoms with Crippen molar-refractivity contribution in [2.45, 2.75) is 44.9 Å². The van der Waals surface area contributed by atoms with Crippen LogP contribution in [0, 0.1) is 0 Å². The molecule has 0 atom stereocenters.